The van der Waals surface area contributed by atoms with Crippen molar-refractivity contribution in [1.82, 2.24) is 0 Å². The summed E-state index contributed by atoms with van der Waals surface area (Å²) in [5, 5.41) is 0. The van der Waals surface area contributed by atoms with E-state index in [-0.39, 0.29) is 38.2 Å². The van der Waals surface area contributed by atoms with Crippen LogP contribution in [0.25, 0.3) is 0 Å². The number of cyclic esters (lactones) is 1. The van der Waals surface area contributed by atoms with Gasteiger partial charge >= 0.3 is 11.9 Å². The zero-order chi connectivity index (χ0) is 27.6. The summed E-state index contributed by atoms with van der Waals surface area (Å²) in [6, 6.07) is 5.49. The van der Waals surface area contributed by atoms with Gasteiger partial charge in [-0.15, -0.1) is 0 Å². The second kappa shape index (κ2) is 18.8. The molecule has 3 atom stereocenters. The third-order valence-corrected chi connectivity index (χ3v) is 6.65. The number of hydrogen-bond donors (Lipinski definition) is 0. The first-order chi connectivity index (χ1) is 18.5. The summed E-state index contributed by atoms with van der Waals surface area (Å²) >= 11 is 0. The van der Waals surface area contributed by atoms with E-state index in [9.17, 15) is 9.59 Å². The van der Waals surface area contributed by atoms with Crippen LogP contribution in [0.1, 0.15) is 87.6 Å². The van der Waals surface area contributed by atoms with E-state index < -0.39 is 12.1 Å². The number of methoxy groups -OCH3 is 2. The van der Waals surface area contributed by atoms with E-state index in [4.69, 9.17) is 28.4 Å². The summed E-state index contributed by atoms with van der Waals surface area (Å²) in [4.78, 5) is 25.8. The highest BCUT2D eigenvalue weighted by Gasteiger charge is 2.28. The molecule has 0 amide bonds. The number of allylic oxidation sites excluding steroid dienone is 2. The van der Waals surface area contributed by atoms with Crippen molar-refractivity contribution in [2.24, 2.45) is 5.92 Å². The topological polar surface area (TPSA) is 89.5 Å². The Morgan fingerprint density at radius 2 is 1.84 bits per heavy atom. The summed E-state index contributed by atoms with van der Waals surface area (Å²) < 4.78 is 33.4. The molecule has 0 saturated carbocycles. The minimum Gasteiger partial charge on any atom is -0.467 e. The molecule has 0 saturated heterocycles. The standard InChI is InChI=1S/C30H46O8/c1-5-6-7-8-9-17-28(31)35-19-18-25-20-27(37-22-34-4)23(2)13-10-11-14-24-15-12-16-26(36-21-33-3)29(24)30(32)38-25/h10-12,15-16,23,25,27H,5-9,13-14,17-22H2,1-4H3/t23-,25?,27+/m1/s1. The lowest BCUT2D eigenvalue weighted by molar-refractivity contribution is -0.144. The van der Waals surface area contributed by atoms with Crippen molar-refractivity contribution >= 4 is 11.9 Å². The normalized spacial score (nSPS) is 20.1. The molecule has 214 valence electrons. The lowest BCUT2D eigenvalue weighted by Gasteiger charge is -2.28. The SMILES string of the molecule is CCCCCCCC(=O)OCCC1C[C@H](OCOC)[C@H](C)CC=CCc2cccc(OCOC)c2C(=O)O1. The molecule has 1 aromatic rings. The van der Waals surface area contributed by atoms with Gasteiger partial charge in [0.1, 0.15) is 24.2 Å². The summed E-state index contributed by atoms with van der Waals surface area (Å²) in [5.74, 6) is -0.115. The van der Waals surface area contributed by atoms with E-state index in [1.54, 1.807) is 13.2 Å². The van der Waals surface area contributed by atoms with Gasteiger partial charge in [0.15, 0.2) is 6.79 Å². The maximum atomic E-state index is 13.5. The minimum absolute atomic E-state index is 0.0157. The van der Waals surface area contributed by atoms with Gasteiger partial charge in [0.2, 0.25) is 0 Å². The van der Waals surface area contributed by atoms with Gasteiger partial charge in [-0.3, -0.25) is 4.79 Å². The Morgan fingerprint density at radius 3 is 2.61 bits per heavy atom. The Bertz CT molecular complexity index is 853. The molecular formula is C30H46O8. The number of esters is 2. The highest BCUT2D eigenvalue weighted by Crippen LogP contribution is 2.28. The maximum Gasteiger partial charge on any atom is 0.342 e. The highest BCUT2D eigenvalue weighted by atomic mass is 16.7. The van der Waals surface area contributed by atoms with Gasteiger partial charge in [0, 0.05) is 33.5 Å². The molecule has 2 rings (SSSR count). The first kappa shape index (κ1) is 31.8. The van der Waals surface area contributed by atoms with Crippen molar-refractivity contribution in [3.05, 3.63) is 41.5 Å². The molecule has 1 heterocycles. The fourth-order valence-corrected chi connectivity index (χ4v) is 4.46. The molecular weight excluding hydrogens is 488 g/mol. The first-order valence-corrected chi connectivity index (χ1v) is 13.9. The molecule has 0 radical (unpaired) electrons. The Kier molecular flexibility index (Phi) is 15.7. The lowest BCUT2D eigenvalue weighted by Crippen LogP contribution is -2.32. The Hall–Kier alpha value is -2.42. The van der Waals surface area contributed by atoms with E-state index >= 15 is 0 Å². The molecule has 1 aromatic carbocycles. The number of unbranched alkanes of at least 4 members (excludes halogenated alkanes) is 4. The van der Waals surface area contributed by atoms with E-state index in [0.29, 0.717) is 37.0 Å². The molecule has 0 fully saturated rings. The highest BCUT2D eigenvalue weighted by molar-refractivity contribution is 5.94. The molecule has 0 aliphatic carbocycles. The molecule has 0 bridgehead atoms. The number of fused-ring (bicyclic) bond motifs is 1. The van der Waals surface area contributed by atoms with E-state index in [1.165, 1.54) is 20.0 Å². The zero-order valence-electron chi connectivity index (χ0n) is 23.6. The van der Waals surface area contributed by atoms with Gasteiger partial charge in [0.25, 0.3) is 0 Å². The average molecular weight is 535 g/mol. The average Bonchev–Trinajstić information content (AvgIpc) is 2.91. The van der Waals surface area contributed by atoms with Gasteiger partial charge in [-0.25, -0.2) is 4.79 Å². The summed E-state index contributed by atoms with van der Waals surface area (Å²) in [7, 11) is 3.11. The van der Waals surface area contributed by atoms with Crippen LogP contribution in [0, 0.1) is 5.92 Å². The van der Waals surface area contributed by atoms with Gasteiger partial charge in [-0.1, -0.05) is 63.8 Å². The van der Waals surface area contributed by atoms with Crippen molar-refractivity contribution < 1.29 is 38.0 Å². The van der Waals surface area contributed by atoms with Gasteiger partial charge in [-0.2, -0.15) is 0 Å². The summed E-state index contributed by atoms with van der Waals surface area (Å²) in [6.45, 7) is 4.61. The van der Waals surface area contributed by atoms with Crippen molar-refractivity contribution in [2.45, 2.75) is 90.3 Å². The van der Waals surface area contributed by atoms with E-state index in [1.807, 2.05) is 12.1 Å². The number of hydrogen-bond acceptors (Lipinski definition) is 8. The first-order valence-electron chi connectivity index (χ1n) is 13.9. The minimum atomic E-state index is -0.518. The van der Waals surface area contributed by atoms with Crippen LogP contribution in [-0.2, 0) is 34.9 Å². The Labute approximate surface area is 227 Å². The second-order valence-electron chi connectivity index (χ2n) is 9.78. The number of rotatable bonds is 15. The smallest absolute Gasteiger partial charge is 0.342 e. The molecule has 8 heteroatoms. The van der Waals surface area contributed by atoms with Crippen LogP contribution in [0.15, 0.2) is 30.4 Å². The Balaban J connectivity index is 2.16. The van der Waals surface area contributed by atoms with Crippen molar-refractivity contribution in [1.29, 1.82) is 0 Å². The van der Waals surface area contributed by atoms with Crippen LogP contribution in [0.5, 0.6) is 5.75 Å². The van der Waals surface area contributed by atoms with Crippen LogP contribution < -0.4 is 4.74 Å². The number of carbonyl (C=O) groups excluding carboxylic acids is 2. The van der Waals surface area contributed by atoms with E-state index in [0.717, 1.165) is 31.2 Å². The van der Waals surface area contributed by atoms with Crippen LogP contribution in [-0.4, -0.2) is 58.6 Å². The molecule has 0 N–H and O–H groups in total. The Morgan fingerprint density at radius 1 is 1.05 bits per heavy atom. The molecule has 38 heavy (non-hydrogen) atoms. The predicted octanol–water partition coefficient (Wildman–Crippen LogP) is 6.01. The molecule has 1 unspecified atom stereocenters. The van der Waals surface area contributed by atoms with Crippen molar-refractivity contribution in [2.75, 3.05) is 34.4 Å². The van der Waals surface area contributed by atoms with Crippen molar-refractivity contribution in [3.63, 3.8) is 0 Å². The van der Waals surface area contributed by atoms with Crippen LogP contribution >= 0.6 is 0 Å². The summed E-state index contributed by atoms with van der Waals surface area (Å²) in [5.41, 5.74) is 1.19. The molecule has 1 aliphatic heterocycles. The monoisotopic (exact) mass is 534 g/mol. The van der Waals surface area contributed by atoms with Gasteiger partial charge < -0.3 is 28.4 Å². The molecule has 1 aliphatic rings. The lowest BCUT2D eigenvalue weighted by atomic mass is 9.93. The van der Waals surface area contributed by atoms with Gasteiger partial charge in [0.05, 0.1) is 12.7 Å². The van der Waals surface area contributed by atoms with E-state index in [2.05, 4.69) is 26.0 Å². The molecule has 8 nitrogen and oxygen atoms in total. The fourth-order valence-electron chi connectivity index (χ4n) is 4.46. The van der Waals surface area contributed by atoms with Gasteiger partial charge in [-0.05, 0) is 36.8 Å². The number of carbonyl (C=O) groups is 2. The molecule has 0 aromatic heterocycles. The maximum absolute atomic E-state index is 13.5. The third-order valence-electron chi connectivity index (χ3n) is 6.65. The quantitative estimate of drug-likeness (QED) is 0.117. The predicted molar refractivity (Wildman–Crippen MR) is 145 cm³/mol. The van der Waals surface area contributed by atoms with Crippen LogP contribution in [0.2, 0.25) is 0 Å². The van der Waals surface area contributed by atoms with Crippen LogP contribution in [0.3, 0.4) is 0 Å². The summed E-state index contributed by atoms with van der Waals surface area (Å²) in [6.07, 6.45) is 11.4. The molecule has 0 spiro atoms. The zero-order valence-corrected chi connectivity index (χ0v) is 23.6. The van der Waals surface area contributed by atoms with Crippen LogP contribution in [0.4, 0.5) is 0 Å². The second-order valence-corrected chi connectivity index (χ2v) is 9.78. The van der Waals surface area contributed by atoms with Crippen molar-refractivity contribution in [3.8, 4) is 5.75 Å². The number of benzene rings is 1. The fraction of sp³-hybridized carbons (Fsp3) is 0.667. The largest absolute Gasteiger partial charge is 0.467 e. The number of ether oxygens (including phenoxy) is 6. The third kappa shape index (κ3) is 11.5.